The Morgan fingerprint density at radius 3 is 2.00 bits per heavy atom. The minimum Gasteiger partial charge on any atom is -0.0776 e. The molecule has 1 fully saturated rings. The van der Waals surface area contributed by atoms with Crippen molar-refractivity contribution in [3.8, 4) is 0 Å². The summed E-state index contributed by atoms with van der Waals surface area (Å²) in [7, 11) is 0. The van der Waals surface area contributed by atoms with E-state index in [9.17, 15) is 0 Å². The maximum atomic E-state index is 2.41. The molecule has 1 saturated carbocycles. The monoisotopic (exact) mass is 300 g/mol. The van der Waals surface area contributed by atoms with Crippen molar-refractivity contribution < 1.29 is 0 Å². The lowest BCUT2D eigenvalue weighted by molar-refractivity contribution is 0.366. The Morgan fingerprint density at radius 1 is 0.696 bits per heavy atom. The summed E-state index contributed by atoms with van der Waals surface area (Å²) in [5.41, 5.74) is 8.85. The maximum absolute atomic E-state index is 2.41. The molecular formula is C23H24. The van der Waals surface area contributed by atoms with Gasteiger partial charge < -0.3 is 0 Å². The van der Waals surface area contributed by atoms with E-state index in [0.29, 0.717) is 5.92 Å². The van der Waals surface area contributed by atoms with Crippen LogP contribution in [0.2, 0.25) is 0 Å². The topological polar surface area (TPSA) is 0 Å². The summed E-state index contributed by atoms with van der Waals surface area (Å²) in [6, 6.07) is 8.86. The second-order valence-electron chi connectivity index (χ2n) is 6.36. The van der Waals surface area contributed by atoms with Gasteiger partial charge in [0.1, 0.15) is 0 Å². The highest BCUT2D eigenvalue weighted by atomic mass is 14.6. The molecular weight excluding hydrogens is 276 g/mol. The molecule has 4 aliphatic rings. The summed E-state index contributed by atoms with van der Waals surface area (Å²) >= 11 is 0. The zero-order valence-corrected chi connectivity index (χ0v) is 12.0. The lowest BCUT2D eigenvalue weighted by Crippen LogP contribution is -2.46. The Hall–Kier alpha value is -2.34. The van der Waals surface area contributed by atoms with Crippen molar-refractivity contribution in [2.45, 2.75) is 21.8 Å². The van der Waals surface area contributed by atoms with E-state index in [-0.39, 0.29) is 20.3 Å². The molecule has 0 heterocycles. The Labute approximate surface area is 139 Å². The van der Waals surface area contributed by atoms with Crippen molar-refractivity contribution >= 4 is 11.1 Å². The molecule has 4 aliphatic carbocycles. The average molecular weight is 300 g/mol. The van der Waals surface area contributed by atoms with E-state index >= 15 is 0 Å². The van der Waals surface area contributed by atoms with E-state index in [0.717, 1.165) is 0 Å². The van der Waals surface area contributed by atoms with E-state index in [1.54, 1.807) is 0 Å². The van der Waals surface area contributed by atoms with Crippen LogP contribution in [-0.4, -0.2) is 0 Å². The van der Waals surface area contributed by atoms with E-state index < -0.39 is 0 Å². The molecule has 0 radical (unpaired) electrons. The molecule has 23 heavy (non-hydrogen) atoms. The first-order valence-corrected chi connectivity index (χ1v) is 7.60. The fraction of sp³-hybridized carbons (Fsp3) is 0.217. The molecule has 5 rings (SSSR count). The summed E-state index contributed by atoms with van der Waals surface area (Å²) in [6.45, 7) is 2.41. The van der Waals surface area contributed by atoms with Gasteiger partial charge in [-0.1, -0.05) is 94.7 Å². The molecule has 0 spiro atoms. The Bertz CT molecular complexity index is 852. The summed E-state index contributed by atoms with van der Waals surface area (Å²) in [5.74, 6) is 0.500. The highest BCUT2D eigenvalue weighted by Gasteiger charge is 2.57. The molecule has 0 saturated heterocycles. The number of hydrogen-bond acceptors (Lipinski definition) is 0. The molecule has 0 heteroatoms. The van der Waals surface area contributed by atoms with Crippen LogP contribution in [0, 0.1) is 11.3 Å². The van der Waals surface area contributed by atoms with E-state index in [4.69, 9.17) is 0 Å². The van der Waals surface area contributed by atoms with Gasteiger partial charge in [-0.05, 0) is 33.4 Å². The van der Waals surface area contributed by atoms with E-state index in [1.165, 1.54) is 33.4 Å². The van der Waals surface area contributed by atoms with Crippen molar-refractivity contribution in [2.24, 2.45) is 11.3 Å². The molecule has 116 valence electrons. The first-order chi connectivity index (χ1) is 10.3. The van der Waals surface area contributed by atoms with Gasteiger partial charge >= 0.3 is 0 Å². The first kappa shape index (κ1) is 15.6. The number of benzene rings is 1. The van der Waals surface area contributed by atoms with Crippen LogP contribution in [0.15, 0.2) is 84.0 Å². The van der Waals surface area contributed by atoms with Crippen LogP contribution in [0.25, 0.3) is 11.1 Å². The van der Waals surface area contributed by atoms with Gasteiger partial charge in [-0.2, -0.15) is 0 Å². The summed E-state index contributed by atoms with van der Waals surface area (Å²) in [5, 5.41) is 0. The van der Waals surface area contributed by atoms with E-state index in [1.807, 2.05) is 0 Å². The predicted molar refractivity (Wildman–Crippen MR) is 102 cm³/mol. The molecule has 0 amide bonds. The van der Waals surface area contributed by atoms with Gasteiger partial charge in [0.25, 0.3) is 0 Å². The number of rotatable bonds is 0. The van der Waals surface area contributed by atoms with Crippen molar-refractivity contribution in [2.75, 3.05) is 0 Å². The van der Waals surface area contributed by atoms with Gasteiger partial charge in [0.15, 0.2) is 0 Å². The highest BCUT2D eigenvalue weighted by Crippen LogP contribution is 2.69. The predicted octanol–water partition coefficient (Wildman–Crippen LogP) is 6.37. The smallest absolute Gasteiger partial charge is 0.0293 e. The lowest BCUT2D eigenvalue weighted by atomic mass is 9.45. The number of allylic oxidation sites excluding steroid dienone is 12. The van der Waals surface area contributed by atoms with Gasteiger partial charge in [0.2, 0.25) is 0 Å². The van der Waals surface area contributed by atoms with Gasteiger partial charge in [0, 0.05) is 11.3 Å². The first-order valence-electron chi connectivity index (χ1n) is 7.60. The molecule has 0 nitrogen and oxygen atoms in total. The SMILES string of the molecule is C.C.C[C@]12C3=CC=CC=C1c1ccccc1C1=CC=CC=C3[C@H]12. The molecule has 0 aromatic heterocycles. The van der Waals surface area contributed by atoms with Crippen molar-refractivity contribution in [3.05, 3.63) is 95.1 Å². The van der Waals surface area contributed by atoms with Crippen LogP contribution < -0.4 is 0 Å². The minimum atomic E-state index is 0. The maximum Gasteiger partial charge on any atom is 0.0293 e. The van der Waals surface area contributed by atoms with Crippen LogP contribution >= 0.6 is 0 Å². The summed E-state index contributed by atoms with van der Waals surface area (Å²) in [6.07, 6.45) is 18.0. The van der Waals surface area contributed by atoms with Crippen LogP contribution in [-0.2, 0) is 0 Å². The van der Waals surface area contributed by atoms with Crippen molar-refractivity contribution in [1.29, 1.82) is 0 Å². The number of fused-ring (bicyclic) bond motifs is 4. The summed E-state index contributed by atoms with van der Waals surface area (Å²) < 4.78 is 0. The van der Waals surface area contributed by atoms with Gasteiger partial charge in [0.05, 0.1) is 0 Å². The van der Waals surface area contributed by atoms with Gasteiger partial charge in [-0.15, -0.1) is 0 Å². The third-order valence-corrected chi connectivity index (χ3v) is 5.46. The standard InChI is InChI=1S/C21H16.2CH4/c1-21-18-12-6-7-13-19(21)17-11-5-4-10-16(20(17)21)14-8-2-3-9-15(14)18;;/h2-13,20H,1H3;2*1H4/t20-,21+;;/m0../s1. The Kier molecular flexibility index (Phi) is 3.44. The second kappa shape index (κ2) is 5.09. The van der Waals surface area contributed by atoms with Crippen molar-refractivity contribution in [1.82, 2.24) is 0 Å². The number of hydrogen-bond donors (Lipinski definition) is 0. The molecule has 1 aromatic carbocycles. The fourth-order valence-corrected chi connectivity index (χ4v) is 4.55. The quantitative estimate of drug-likeness (QED) is 0.522. The van der Waals surface area contributed by atoms with E-state index in [2.05, 4.69) is 79.8 Å². The molecule has 0 bridgehead atoms. The fourth-order valence-electron chi connectivity index (χ4n) is 4.55. The zero-order valence-electron chi connectivity index (χ0n) is 12.0. The lowest BCUT2D eigenvalue weighted by Gasteiger charge is -2.57. The van der Waals surface area contributed by atoms with Crippen molar-refractivity contribution in [3.63, 3.8) is 0 Å². The average Bonchev–Trinajstić information content (AvgIpc) is 2.80. The third-order valence-electron chi connectivity index (χ3n) is 5.46. The second-order valence-corrected chi connectivity index (χ2v) is 6.36. The summed E-state index contributed by atoms with van der Waals surface area (Å²) in [4.78, 5) is 0. The minimum absolute atomic E-state index is 0. The Balaban J connectivity index is 0.000000781. The Morgan fingerprint density at radius 2 is 1.26 bits per heavy atom. The van der Waals surface area contributed by atoms with Crippen LogP contribution in [0.3, 0.4) is 0 Å². The molecule has 0 N–H and O–H groups in total. The highest BCUT2D eigenvalue weighted by molar-refractivity contribution is 5.98. The molecule has 2 atom stereocenters. The normalized spacial score (nSPS) is 28.0. The van der Waals surface area contributed by atoms with Gasteiger partial charge in [-0.25, -0.2) is 0 Å². The zero-order chi connectivity index (χ0) is 14.0. The molecule has 1 aromatic rings. The van der Waals surface area contributed by atoms with Crippen LogP contribution in [0.5, 0.6) is 0 Å². The van der Waals surface area contributed by atoms with Crippen LogP contribution in [0.1, 0.15) is 32.9 Å². The van der Waals surface area contributed by atoms with Gasteiger partial charge in [-0.3, -0.25) is 0 Å². The van der Waals surface area contributed by atoms with Crippen LogP contribution in [0.4, 0.5) is 0 Å². The molecule has 0 unspecified atom stereocenters. The molecule has 0 aliphatic heterocycles. The largest absolute Gasteiger partial charge is 0.0776 e. The third kappa shape index (κ3) is 1.67.